The molecule has 1 aromatic carbocycles. The Kier molecular flexibility index (Phi) is 3.26. The molecule has 0 fully saturated rings. The molecule has 2 aromatic rings. The van der Waals surface area contributed by atoms with Crippen molar-refractivity contribution in [1.29, 1.82) is 0 Å². The Morgan fingerprint density at radius 3 is 2.12 bits per heavy atom. The molecule has 0 bridgehead atoms. The third-order valence-electron chi connectivity index (χ3n) is 3.30. The van der Waals surface area contributed by atoms with Gasteiger partial charge >= 0.3 is 0 Å². The van der Waals surface area contributed by atoms with Crippen LogP contribution in [0.2, 0.25) is 0 Å². The highest BCUT2D eigenvalue weighted by molar-refractivity contribution is 7.18. The molecule has 0 aliphatic carbocycles. The van der Waals surface area contributed by atoms with Crippen molar-refractivity contribution in [2.24, 2.45) is 0 Å². The van der Waals surface area contributed by atoms with Crippen LogP contribution in [-0.2, 0) is 0 Å². The minimum absolute atomic E-state index is 0.531. The molecule has 92 valence electrons. The fraction of sp³-hybridized carbons (Fsp3) is 0.533. The third kappa shape index (κ3) is 2.11. The number of hydrogen-bond donors (Lipinski definition) is 0. The summed E-state index contributed by atoms with van der Waals surface area (Å²) in [6.07, 6.45) is 0. The summed E-state index contributed by atoms with van der Waals surface area (Å²) in [5, 5.41) is 1.49. The lowest BCUT2D eigenvalue weighted by atomic mass is 10.1. The van der Waals surface area contributed by atoms with E-state index >= 15 is 0 Å². The van der Waals surface area contributed by atoms with Gasteiger partial charge < -0.3 is 0 Å². The monoisotopic (exact) mass is 248 g/mol. The molecule has 0 amide bonds. The Bertz CT molecular complexity index is 550. The van der Waals surface area contributed by atoms with Crippen LogP contribution in [0, 0.1) is 13.8 Å². The van der Waals surface area contributed by atoms with Gasteiger partial charge in [-0.05, 0) is 44.9 Å². The molecule has 0 unspecified atom stereocenters. The molecule has 2 heteroatoms. The fourth-order valence-electron chi connectivity index (χ4n) is 2.25. The molecule has 2 rings (SSSR count). The lowest BCUT2D eigenvalue weighted by molar-refractivity contribution is -0.695. The quantitative estimate of drug-likeness (QED) is 0.688. The van der Waals surface area contributed by atoms with Crippen molar-refractivity contribution < 1.29 is 4.57 Å². The van der Waals surface area contributed by atoms with Crippen molar-refractivity contribution in [3.05, 3.63) is 28.3 Å². The van der Waals surface area contributed by atoms with Crippen LogP contribution < -0.4 is 4.57 Å². The van der Waals surface area contributed by atoms with Gasteiger partial charge in [-0.15, -0.1) is 0 Å². The van der Waals surface area contributed by atoms with Gasteiger partial charge in [-0.1, -0.05) is 25.2 Å². The van der Waals surface area contributed by atoms with Crippen molar-refractivity contribution in [1.82, 2.24) is 0 Å². The van der Waals surface area contributed by atoms with Gasteiger partial charge in [-0.2, -0.15) is 4.57 Å². The van der Waals surface area contributed by atoms with Gasteiger partial charge in [0.05, 0.1) is 0 Å². The number of aromatic nitrogens is 1. The van der Waals surface area contributed by atoms with Crippen LogP contribution in [0.1, 0.15) is 55.8 Å². The molecule has 1 heterocycles. The molecule has 0 atom stereocenters. The zero-order valence-electron chi connectivity index (χ0n) is 11.7. The first-order chi connectivity index (χ1) is 7.91. The average Bonchev–Trinajstić information content (AvgIpc) is 2.57. The zero-order chi connectivity index (χ0) is 12.7. The number of benzene rings is 1. The van der Waals surface area contributed by atoms with Gasteiger partial charge in [0, 0.05) is 12.0 Å². The molecule has 0 aliphatic rings. The van der Waals surface area contributed by atoms with E-state index < -0.39 is 0 Å². The largest absolute Gasteiger partial charge is 0.241 e. The summed E-state index contributed by atoms with van der Waals surface area (Å²) < 4.78 is 3.92. The van der Waals surface area contributed by atoms with Crippen molar-refractivity contribution in [3.63, 3.8) is 0 Å². The first-order valence-electron chi connectivity index (χ1n) is 6.37. The van der Waals surface area contributed by atoms with Crippen molar-refractivity contribution >= 4 is 21.6 Å². The van der Waals surface area contributed by atoms with Crippen LogP contribution in [-0.4, -0.2) is 0 Å². The highest BCUT2D eigenvalue weighted by atomic mass is 32.1. The second-order valence-corrected chi connectivity index (χ2v) is 6.53. The summed E-state index contributed by atoms with van der Waals surface area (Å²) in [6, 6.07) is 5.20. The van der Waals surface area contributed by atoms with Crippen LogP contribution in [0.4, 0.5) is 0 Å². The van der Waals surface area contributed by atoms with E-state index in [1.807, 2.05) is 11.3 Å². The normalized spacial score (nSPS) is 12.0. The fourth-order valence-corrected chi connectivity index (χ4v) is 3.62. The predicted molar refractivity (Wildman–Crippen MR) is 76.0 cm³/mol. The first kappa shape index (κ1) is 12.6. The standard InChI is InChI=1S/C15H22NS/c1-9(2)15-16(10(3)4)13-7-11(5)12(6)8-14(13)17-15/h7-10H,1-6H3/q+1. The maximum Gasteiger partial charge on any atom is 0.241 e. The number of thiazole rings is 1. The molecule has 0 N–H and O–H groups in total. The topological polar surface area (TPSA) is 3.88 Å². The van der Waals surface area contributed by atoms with Crippen molar-refractivity contribution in [3.8, 4) is 0 Å². The molecule has 0 saturated heterocycles. The van der Waals surface area contributed by atoms with E-state index in [9.17, 15) is 0 Å². The van der Waals surface area contributed by atoms with Gasteiger partial charge in [-0.25, -0.2) is 0 Å². The minimum Gasteiger partial charge on any atom is -0.184 e. The van der Waals surface area contributed by atoms with Crippen LogP contribution >= 0.6 is 11.3 Å². The number of aryl methyl sites for hydroxylation is 2. The van der Waals surface area contributed by atoms with Crippen molar-refractivity contribution in [2.45, 2.75) is 53.5 Å². The van der Waals surface area contributed by atoms with E-state index in [1.165, 1.54) is 26.4 Å². The Labute approximate surface area is 108 Å². The summed E-state index contributed by atoms with van der Waals surface area (Å²) in [7, 11) is 0. The van der Waals surface area contributed by atoms with Crippen LogP contribution in [0.15, 0.2) is 12.1 Å². The highest BCUT2D eigenvalue weighted by Gasteiger charge is 2.25. The summed E-state index contributed by atoms with van der Waals surface area (Å²) in [5.74, 6) is 0.593. The molecule has 0 radical (unpaired) electrons. The zero-order valence-corrected chi connectivity index (χ0v) is 12.5. The maximum absolute atomic E-state index is 2.50. The Morgan fingerprint density at radius 2 is 1.59 bits per heavy atom. The van der Waals surface area contributed by atoms with Crippen molar-refractivity contribution in [2.75, 3.05) is 0 Å². The number of hydrogen-bond acceptors (Lipinski definition) is 1. The van der Waals surface area contributed by atoms with Crippen LogP contribution in [0.5, 0.6) is 0 Å². The van der Waals surface area contributed by atoms with Crippen LogP contribution in [0.25, 0.3) is 10.2 Å². The second-order valence-electron chi connectivity index (χ2n) is 5.46. The van der Waals surface area contributed by atoms with E-state index in [0.717, 1.165) is 0 Å². The molecule has 1 aromatic heterocycles. The van der Waals surface area contributed by atoms with Gasteiger partial charge in [0.25, 0.3) is 0 Å². The lowest BCUT2D eigenvalue weighted by Gasteiger charge is -2.05. The summed E-state index contributed by atoms with van der Waals surface area (Å²) in [4.78, 5) is 0. The number of nitrogens with zero attached hydrogens (tertiary/aromatic N) is 1. The van der Waals surface area contributed by atoms with E-state index in [4.69, 9.17) is 0 Å². The molecule has 1 nitrogen and oxygen atoms in total. The number of fused-ring (bicyclic) bond motifs is 1. The molecule has 17 heavy (non-hydrogen) atoms. The number of rotatable bonds is 2. The molecule has 0 spiro atoms. The van der Waals surface area contributed by atoms with Gasteiger partial charge in [-0.3, -0.25) is 0 Å². The lowest BCUT2D eigenvalue weighted by Crippen LogP contribution is -2.39. The maximum atomic E-state index is 2.50. The highest BCUT2D eigenvalue weighted by Crippen LogP contribution is 2.29. The molecule has 0 aliphatic heterocycles. The van der Waals surface area contributed by atoms with E-state index in [0.29, 0.717) is 12.0 Å². The van der Waals surface area contributed by atoms with E-state index in [1.54, 1.807) is 0 Å². The predicted octanol–water partition coefficient (Wildman–Crippen LogP) is 4.51. The first-order valence-corrected chi connectivity index (χ1v) is 7.18. The molecular weight excluding hydrogens is 226 g/mol. The third-order valence-corrected chi connectivity index (χ3v) is 4.72. The SMILES string of the molecule is Cc1cc2sc(C(C)C)[n+](C(C)C)c2cc1C. The van der Waals surface area contributed by atoms with E-state index in [-0.39, 0.29) is 0 Å². The Morgan fingerprint density at radius 1 is 1.00 bits per heavy atom. The Balaban J connectivity index is 2.80. The van der Waals surface area contributed by atoms with E-state index in [2.05, 4.69) is 58.2 Å². The van der Waals surface area contributed by atoms with Gasteiger partial charge in [0.1, 0.15) is 4.70 Å². The smallest absolute Gasteiger partial charge is 0.184 e. The molecular formula is C15H22NS+. The van der Waals surface area contributed by atoms with Crippen LogP contribution in [0.3, 0.4) is 0 Å². The Hall–Kier alpha value is -0.890. The second kappa shape index (κ2) is 4.41. The van der Waals surface area contributed by atoms with Gasteiger partial charge in [0.15, 0.2) is 6.04 Å². The minimum atomic E-state index is 0.531. The summed E-state index contributed by atoms with van der Waals surface area (Å²) in [5.41, 5.74) is 4.18. The summed E-state index contributed by atoms with van der Waals surface area (Å²) >= 11 is 1.95. The summed E-state index contributed by atoms with van der Waals surface area (Å²) in [6.45, 7) is 13.5. The average molecular weight is 248 g/mol. The molecule has 0 saturated carbocycles. The van der Waals surface area contributed by atoms with Gasteiger partial charge in [0.2, 0.25) is 10.5 Å².